The summed E-state index contributed by atoms with van der Waals surface area (Å²) in [7, 11) is 1.60. The summed E-state index contributed by atoms with van der Waals surface area (Å²) in [5, 5.41) is 0. The maximum Gasteiger partial charge on any atom is 0.250 e. The molecule has 3 heteroatoms. The molecule has 0 saturated carbocycles. The molecule has 16 heavy (non-hydrogen) atoms. The Morgan fingerprint density at radius 3 is 2.38 bits per heavy atom. The standard InChI is InChI=1S/C13H11NO2/c1-14-11(8-5-9-12(14)15)13(16)10-6-3-2-4-7-10/h2-9H,1H3. The van der Waals surface area contributed by atoms with Crippen molar-refractivity contribution in [3.8, 4) is 0 Å². The van der Waals surface area contributed by atoms with Gasteiger partial charge in [-0.1, -0.05) is 36.4 Å². The number of aromatic nitrogens is 1. The van der Waals surface area contributed by atoms with E-state index in [1.54, 1.807) is 43.4 Å². The SMILES string of the molecule is Cn1c(C(=O)c2ccccc2)cccc1=O. The number of hydrogen-bond donors (Lipinski definition) is 0. The van der Waals surface area contributed by atoms with Crippen LogP contribution < -0.4 is 5.56 Å². The van der Waals surface area contributed by atoms with Gasteiger partial charge in [-0.25, -0.2) is 0 Å². The minimum Gasteiger partial charge on any atom is -0.308 e. The minimum atomic E-state index is -0.179. The second-order valence-corrected chi connectivity index (χ2v) is 3.50. The quantitative estimate of drug-likeness (QED) is 0.711. The molecule has 1 aromatic carbocycles. The molecule has 0 aliphatic heterocycles. The molecule has 0 radical (unpaired) electrons. The number of carbonyl (C=O) groups excluding carboxylic acids is 1. The lowest BCUT2D eigenvalue weighted by Gasteiger charge is -2.05. The Kier molecular flexibility index (Phi) is 2.68. The second kappa shape index (κ2) is 4.14. The van der Waals surface area contributed by atoms with Gasteiger partial charge >= 0.3 is 0 Å². The molecule has 0 unspecified atom stereocenters. The monoisotopic (exact) mass is 213 g/mol. The number of benzene rings is 1. The van der Waals surface area contributed by atoms with Gasteiger partial charge in [0.2, 0.25) is 5.78 Å². The maximum atomic E-state index is 12.1. The van der Waals surface area contributed by atoms with Crippen molar-refractivity contribution < 1.29 is 4.79 Å². The van der Waals surface area contributed by atoms with E-state index in [0.717, 1.165) is 0 Å². The molecule has 0 fully saturated rings. The number of nitrogens with zero attached hydrogens (tertiary/aromatic N) is 1. The van der Waals surface area contributed by atoms with Gasteiger partial charge in [-0.05, 0) is 6.07 Å². The molecular weight excluding hydrogens is 202 g/mol. The van der Waals surface area contributed by atoms with Gasteiger partial charge in [0.15, 0.2) is 0 Å². The summed E-state index contributed by atoms with van der Waals surface area (Å²) in [5.74, 6) is -0.138. The zero-order chi connectivity index (χ0) is 11.5. The van der Waals surface area contributed by atoms with Crippen molar-refractivity contribution in [2.24, 2.45) is 7.05 Å². The summed E-state index contributed by atoms with van der Waals surface area (Å²) >= 11 is 0. The molecular formula is C13H11NO2. The molecule has 0 atom stereocenters. The van der Waals surface area contributed by atoms with E-state index in [1.807, 2.05) is 6.07 Å². The van der Waals surface area contributed by atoms with Crippen molar-refractivity contribution in [1.29, 1.82) is 0 Å². The highest BCUT2D eigenvalue weighted by Gasteiger charge is 2.11. The van der Waals surface area contributed by atoms with Gasteiger partial charge in [0, 0.05) is 18.7 Å². The van der Waals surface area contributed by atoms with Crippen LogP contribution in [0.1, 0.15) is 16.1 Å². The second-order valence-electron chi connectivity index (χ2n) is 3.50. The average Bonchev–Trinajstić information content (AvgIpc) is 2.33. The first-order chi connectivity index (χ1) is 7.70. The third-order valence-electron chi connectivity index (χ3n) is 2.45. The van der Waals surface area contributed by atoms with Crippen molar-refractivity contribution in [1.82, 2.24) is 4.57 Å². The van der Waals surface area contributed by atoms with Crippen LogP contribution in [0.2, 0.25) is 0 Å². The number of ketones is 1. The Bertz CT molecular complexity index is 570. The number of carbonyl (C=O) groups is 1. The van der Waals surface area contributed by atoms with Crippen molar-refractivity contribution >= 4 is 5.78 Å². The highest BCUT2D eigenvalue weighted by molar-refractivity contribution is 6.07. The van der Waals surface area contributed by atoms with E-state index in [1.165, 1.54) is 10.6 Å². The lowest BCUT2D eigenvalue weighted by molar-refractivity contribution is 0.103. The zero-order valence-electron chi connectivity index (χ0n) is 8.88. The number of rotatable bonds is 2. The van der Waals surface area contributed by atoms with Crippen molar-refractivity contribution in [2.45, 2.75) is 0 Å². The predicted molar refractivity (Wildman–Crippen MR) is 61.6 cm³/mol. The molecule has 3 nitrogen and oxygen atoms in total. The summed E-state index contributed by atoms with van der Waals surface area (Å²) < 4.78 is 1.36. The molecule has 1 heterocycles. The van der Waals surface area contributed by atoms with Crippen LogP contribution in [0.5, 0.6) is 0 Å². The van der Waals surface area contributed by atoms with Gasteiger partial charge in [-0.3, -0.25) is 9.59 Å². The Morgan fingerprint density at radius 1 is 1.00 bits per heavy atom. The maximum absolute atomic E-state index is 12.1. The Labute approximate surface area is 93.0 Å². The first kappa shape index (κ1) is 10.4. The van der Waals surface area contributed by atoms with Crippen LogP contribution in [0.15, 0.2) is 53.3 Å². The smallest absolute Gasteiger partial charge is 0.250 e. The lowest BCUT2D eigenvalue weighted by Crippen LogP contribution is -2.22. The third-order valence-corrected chi connectivity index (χ3v) is 2.45. The van der Waals surface area contributed by atoms with Gasteiger partial charge in [0.05, 0.1) is 5.69 Å². The molecule has 0 bridgehead atoms. The molecule has 2 aromatic rings. The number of hydrogen-bond acceptors (Lipinski definition) is 2. The van der Waals surface area contributed by atoms with Gasteiger partial charge in [0.1, 0.15) is 0 Å². The largest absolute Gasteiger partial charge is 0.308 e. The topological polar surface area (TPSA) is 39.1 Å². The summed E-state index contributed by atoms with van der Waals surface area (Å²) in [6.07, 6.45) is 0. The van der Waals surface area contributed by atoms with Crippen LogP contribution in [-0.4, -0.2) is 10.4 Å². The fourth-order valence-corrected chi connectivity index (χ4v) is 1.53. The molecule has 1 aromatic heterocycles. The van der Waals surface area contributed by atoms with Crippen LogP contribution in [0, 0.1) is 0 Å². The fraction of sp³-hybridized carbons (Fsp3) is 0.0769. The molecule has 2 rings (SSSR count). The van der Waals surface area contributed by atoms with Crippen LogP contribution in [0.4, 0.5) is 0 Å². The van der Waals surface area contributed by atoms with Crippen molar-refractivity contribution in [2.75, 3.05) is 0 Å². The molecule has 0 N–H and O–H groups in total. The van der Waals surface area contributed by atoms with Gasteiger partial charge in [0.25, 0.3) is 5.56 Å². The first-order valence-electron chi connectivity index (χ1n) is 4.96. The predicted octanol–water partition coefficient (Wildman–Crippen LogP) is 1.62. The van der Waals surface area contributed by atoms with E-state index in [9.17, 15) is 9.59 Å². The van der Waals surface area contributed by atoms with E-state index in [2.05, 4.69) is 0 Å². The summed E-state index contributed by atoms with van der Waals surface area (Å²) in [6.45, 7) is 0. The highest BCUT2D eigenvalue weighted by atomic mass is 16.1. The zero-order valence-corrected chi connectivity index (χ0v) is 8.88. The van der Waals surface area contributed by atoms with E-state index in [0.29, 0.717) is 11.3 Å². The Balaban J connectivity index is 2.51. The lowest BCUT2D eigenvalue weighted by atomic mass is 10.1. The Hall–Kier alpha value is -2.16. The van der Waals surface area contributed by atoms with Crippen molar-refractivity contribution in [3.05, 3.63) is 70.1 Å². The molecule has 0 aliphatic rings. The summed E-state index contributed by atoms with van der Waals surface area (Å²) in [6, 6.07) is 13.6. The normalized spacial score (nSPS) is 10.1. The number of pyridine rings is 1. The first-order valence-corrected chi connectivity index (χ1v) is 4.96. The van der Waals surface area contributed by atoms with E-state index in [4.69, 9.17) is 0 Å². The van der Waals surface area contributed by atoms with Crippen LogP contribution in [0.3, 0.4) is 0 Å². The summed E-state index contributed by atoms with van der Waals surface area (Å²) in [4.78, 5) is 23.4. The van der Waals surface area contributed by atoms with E-state index < -0.39 is 0 Å². The minimum absolute atomic E-state index is 0.138. The van der Waals surface area contributed by atoms with Gasteiger partial charge in [-0.15, -0.1) is 0 Å². The van der Waals surface area contributed by atoms with Gasteiger partial charge in [-0.2, -0.15) is 0 Å². The molecule has 0 amide bonds. The molecule has 0 saturated heterocycles. The average molecular weight is 213 g/mol. The molecule has 80 valence electrons. The highest BCUT2D eigenvalue weighted by Crippen LogP contribution is 2.06. The van der Waals surface area contributed by atoms with E-state index in [-0.39, 0.29) is 11.3 Å². The molecule has 0 spiro atoms. The van der Waals surface area contributed by atoms with Gasteiger partial charge < -0.3 is 4.57 Å². The van der Waals surface area contributed by atoms with Crippen LogP contribution in [0.25, 0.3) is 0 Å². The van der Waals surface area contributed by atoms with Crippen LogP contribution >= 0.6 is 0 Å². The van der Waals surface area contributed by atoms with Crippen molar-refractivity contribution in [3.63, 3.8) is 0 Å². The molecule has 0 aliphatic carbocycles. The van der Waals surface area contributed by atoms with E-state index >= 15 is 0 Å². The Morgan fingerprint density at radius 2 is 1.69 bits per heavy atom. The summed E-state index contributed by atoms with van der Waals surface area (Å²) in [5.41, 5.74) is 0.809. The van der Waals surface area contributed by atoms with Crippen LogP contribution in [-0.2, 0) is 7.05 Å². The third kappa shape index (κ3) is 1.80. The fourth-order valence-electron chi connectivity index (χ4n) is 1.53.